The van der Waals surface area contributed by atoms with Crippen molar-refractivity contribution in [1.82, 2.24) is 0 Å². The van der Waals surface area contributed by atoms with E-state index in [0.717, 1.165) is 27.8 Å². The van der Waals surface area contributed by atoms with E-state index in [0.29, 0.717) is 6.54 Å². The van der Waals surface area contributed by atoms with Crippen LogP contribution in [-0.2, 0) is 12.2 Å². The number of hydrazine groups is 1. The van der Waals surface area contributed by atoms with Crippen LogP contribution in [0.5, 0.6) is 0 Å². The van der Waals surface area contributed by atoms with Crippen molar-refractivity contribution < 1.29 is 4.39 Å². The van der Waals surface area contributed by atoms with E-state index in [1.54, 1.807) is 40.7 Å². The topological polar surface area (TPSA) is 41.6 Å². The average Bonchev–Trinajstić information content (AvgIpc) is 2.58. The molecule has 3 nitrogen and oxygen atoms in total. The number of hydrogen-bond acceptors (Lipinski definition) is 5. The zero-order valence-corrected chi connectivity index (χ0v) is 16.5. The monoisotopic (exact) mass is 377 g/mol. The second-order valence-corrected chi connectivity index (χ2v) is 7.72. The molecule has 0 saturated heterocycles. The highest BCUT2D eigenvalue weighted by atomic mass is 32.2. The van der Waals surface area contributed by atoms with Crippen LogP contribution in [0, 0.1) is 12.7 Å². The Kier molecular flexibility index (Phi) is 7.81. The van der Waals surface area contributed by atoms with E-state index in [-0.39, 0.29) is 5.82 Å². The Labute approximate surface area is 157 Å². The minimum absolute atomic E-state index is 0.195. The molecule has 0 heterocycles. The Morgan fingerprint density at radius 2 is 2.00 bits per heavy atom. The lowest BCUT2D eigenvalue weighted by Gasteiger charge is -2.18. The van der Waals surface area contributed by atoms with Gasteiger partial charge in [0.1, 0.15) is 10.2 Å². The summed E-state index contributed by atoms with van der Waals surface area (Å²) in [7, 11) is 1.85. The molecule has 0 fully saturated rings. The number of anilines is 1. The molecule has 0 radical (unpaired) electrons. The van der Waals surface area contributed by atoms with E-state index < -0.39 is 0 Å². The molecular formula is C19H24FN3S2. The molecular weight excluding hydrogens is 353 g/mol. The smallest absolute Gasteiger partial charge is 0.124 e. The largest absolute Gasteiger partial charge is 0.314 e. The van der Waals surface area contributed by atoms with E-state index >= 15 is 0 Å². The molecule has 0 saturated carbocycles. The Bertz CT molecular complexity index is 732. The van der Waals surface area contributed by atoms with Gasteiger partial charge < -0.3 is 5.01 Å². The van der Waals surface area contributed by atoms with Gasteiger partial charge in [-0.25, -0.2) is 10.2 Å². The van der Waals surface area contributed by atoms with Crippen LogP contribution in [0.25, 0.3) is 0 Å². The molecule has 134 valence electrons. The molecule has 2 aromatic carbocycles. The molecule has 0 atom stereocenters. The molecule has 2 rings (SSSR count). The molecule has 0 unspecified atom stereocenters. The highest BCUT2D eigenvalue weighted by Gasteiger charge is 2.09. The molecule has 0 spiro atoms. The maximum Gasteiger partial charge on any atom is 0.124 e. The Hall–Kier alpha value is -1.50. The average molecular weight is 378 g/mol. The van der Waals surface area contributed by atoms with Gasteiger partial charge in [0, 0.05) is 19.3 Å². The van der Waals surface area contributed by atoms with Gasteiger partial charge in [0.2, 0.25) is 0 Å². The summed E-state index contributed by atoms with van der Waals surface area (Å²) in [6, 6.07) is 12.8. The maximum absolute atomic E-state index is 13.2. The fourth-order valence-corrected chi connectivity index (χ4v) is 4.17. The van der Waals surface area contributed by atoms with Crippen LogP contribution >= 0.6 is 23.5 Å². The number of rotatable bonds is 6. The summed E-state index contributed by atoms with van der Waals surface area (Å²) in [4.78, 5) is 4.66. The third-order valence-electron chi connectivity index (χ3n) is 3.81. The first-order chi connectivity index (χ1) is 12.0. The minimum atomic E-state index is -0.195. The van der Waals surface area contributed by atoms with Gasteiger partial charge in [-0.05, 0) is 54.5 Å². The lowest BCUT2D eigenvalue weighted by Crippen LogP contribution is -2.26. The molecule has 25 heavy (non-hydrogen) atoms. The molecule has 0 aromatic heterocycles. The predicted octanol–water partition coefficient (Wildman–Crippen LogP) is 4.64. The molecule has 6 heteroatoms. The van der Waals surface area contributed by atoms with Gasteiger partial charge in [0.25, 0.3) is 0 Å². The van der Waals surface area contributed by atoms with Gasteiger partial charge in [0.05, 0.1) is 5.69 Å². The van der Waals surface area contributed by atoms with E-state index in [1.165, 1.54) is 17.2 Å². The van der Waals surface area contributed by atoms with E-state index in [9.17, 15) is 4.39 Å². The summed E-state index contributed by atoms with van der Waals surface area (Å²) in [5, 5.41) is 1.66. The third-order valence-corrected chi connectivity index (χ3v) is 5.95. The van der Waals surface area contributed by atoms with E-state index in [2.05, 4.69) is 18.0 Å². The summed E-state index contributed by atoms with van der Waals surface area (Å²) in [5.74, 6) is 6.56. The van der Waals surface area contributed by atoms with Gasteiger partial charge in [-0.1, -0.05) is 36.0 Å². The summed E-state index contributed by atoms with van der Waals surface area (Å²) in [6.45, 7) is 2.76. The van der Waals surface area contributed by atoms with Crippen molar-refractivity contribution in [2.24, 2.45) is 10.8 Å². The zero-order chi connectivity index (χ0) is 18.2. The number of nitrogens with two attached hydrogens (primary N) is 1. The molecule has 0 aliphatic heterocycles. The standard InChI is InChI=1S/C19H24FN3S2/c1-14-6-4-9-18(23(2)21)17(14)13-25-19(24-3)22-11-10-15-7-5-8-16(20)12-15/h4-9,12H,10-11,13,21H2,1-3H3. The number of halogens is 1. The van der Waals surface area contributed by atoms with Crippen LogP contribution in [0.2, 0.25) is 0 Å². The molecule has 0 aliphatic carbocycles. The molecule has 0 amide bonds. The fourth-order valence-electron chi connectivity index (χ4n) is 2.48. The maximum atomic E-state index is 13.2. The molecule has 2 N–H and O–H groups in total. The quantitative estimate of drug-likeness (QED) is 0.345. The number of nitrogens with zero attached hydrogens (tertiary/aromatic N) is 2. The van der Waals surface area contributed by atoms with Gasteiger partial charge in [-0.3, -0.25) is 4.99 Å². The number of thioether (sulfide) groups is 2. The SMILES string of the molecule is CSC(=NCCc1cccc(F)c1)SCc1c(C)cccc1N(C)N. The Morgan fingerprint density at radius 1 is 1.24 bits per heavy atom. The summed E-state index contributed by atoms with van der Waals surface area (Å²) >= 11 is 3.36. The lowest BCUT2D eigenvalue weighted by atomic mass is 10.1. The van der Waals surface area contributed by atoms with E-state index in [4.69, 9.17) is 5.84 Å². The zero-order valence-electron chi connectivity index (χ0n) is 14.8. The van der Waals surface area contributed by atoms with Crippen molar-refractivity contribution >= 4 is 33.6 Å². The second kappa shape index (κ2) is 9.85. The van der Waals surface area contributed by atoms with Gasteiger partial charge >= 0.3 is 0 Å². The lowest BCUT2D eigenvalue weighted by molar-refractivity contribution is 0.625. The highest BCUT2D eigenvalue weighted by Crippen LogP contribution is 2.28. The Morgan fingerprint density at radius 3 is 2.68 bits per heavy atom. The first-order valence-corrected chi connectivity index (χ1v) is 10.2. The van der Waals surface area contributed by atoms with Crippen LogP contribution in [0.3, 0.4) is 0 Å². The first-order valence-electron chi connectivity index (χ1n) is 8.04. The summed E-state index contributed by atoms with van der Waals surface area (Å²) < 4.78 is 14.2. The minimum Gasteiger partial charge on any atom is -0.314 e. The van der Waals surface area contributed by atoms with Crippen molar-refractivity contribution in [3.63, 3.8) is 0 Å². The van der Waals surface area contributed by atoms with Crippen LogP contribution < -0.4 is 10.9 Å². The molecule has 0 bridgehead atoms. The van der Waals surface area contributed by atoms with Crippen molar-refractivity contribution in [2.75, 3.05) is 24.9 Å². The Balaban J connectivity index is 1.98. The summed E-state index contributed by atoms with van der Waals surface area (Å²) in [6.07, 6.45) is 2.77. The van der Waals surface area contributed by atoms with Crippen LogP contribution in [0.15, 0.2) is 47.5 Å². The summed E-state index contributed by atoms with van der Waals surface area (Å²) in [5.41, 5.74) is 4.46. The number of aryl methyl sites for hydroxylation is 1. The van der Waals surface area contributed by atoms with E-state index in [1.807, 2.05) is 31.5 Å². The van der Waals surface area contributed by atoms with Crippen LogP contribution in [0.4, 0.5) is 10.1 Å². The fraction of sp³-hybridized carbons (Fsp3) is 0.316. The van der Waals surface area contributed by atoms with Crippen LogP contribution in [-0.4, -0.2) is 24.2 Å². The number of aliphatic imine (C=N–C) groups is 1. The van der Waals surface area contributed by atoms with Crippen molar-refractivity contribution in [2.45, 2.75) is 19.1 Å². The van der Waals surface area contributed by atoms with Gasteiger partial charge in [-0.2, -0.15) is 0 Å². The molecule has 2 aromatic rings. The highest BCUT2D eigenvalue weighted by molar-refractivity contribution is 8.38. The normalized spacial score (nSPS) is 11.6. The third kappa shape index (κ3) is 6.06. The number of benzene rings is 2. The predicted molar refractivity (Wildman–Crippen MR) is 111 cm³/mol. The van der Waals surface area contributed by atoms with Crippen LogP contribution in [0.1, 0.15) is 16.7 Å². The second-order valence-electron chi connectivity index (χ2n) is 5.70. The van der Waals surface area contributed by atoms with Gasteiger partial charge in [0.15, 0.2) is 0 Å². The van der Waals surface area contributed by atoms with Gasteiger partial charge in [-0.15, -0.1) is 11.8 Å². The number of hydrogen-bond donors (Lipinski definition) is 1. The first kappa shape index (κ1) is 19.8. The van der Waals surface area contributed by atoms with Crippen molar-refractivity contribution in [3.8, 4) is 0 Å². The molecule has 0 aliphatic rings. The van der Waals surface area contributed by atoms with Crippen molar-refractivity contribution in [3.05, 3.63) is 65.0 Å². The van der Waals surface area contributed by atoms with Crippen molar-refractivity contribution in [1.29, 1.82) is 0 Å².